The fraction of sp³-hybridized carbons (Fsp3) is 0.391. The zero-order valence-electron chi connectivity index (χ0n) is 16.7. The predicted molar refractivity (Wildman–Crippen MR) is 116 cm³/mol. The first-order valence-electron chi connectivity index (χ1n) is 10.4. The maximum Gasteiger partial charge on any atom is 0.416 e. The van der Waals surface area contributed by atoms with Crippen LogP contribution in [0, 0.1) is 11.3 Å². The topological polar surface area (TPSA) is 46.9 Å². The summed E-state index contributed by atoms with van der Waals surface area (Å²) in [5.41, 5.74) is 0.365. The van der Waals surface area contributed by atoms with Crippen LogP contribution in [0.2, 0.25) is 0 Å². The van der Waals surface area contributed by atoms with Gasteiger partial charge in [-0.3, -0.25) is 4.79 Å². The normalized spacial score (nSPS) is 21.7. The molecule has 2 heterocycles. The first-order chi connectivity index (χ1) is 14.8. The Morgan fingerprint density at radius 2 is 1.94 bits per heavy atom. The molecule has 162 valence electrons. The second-order valence-electron chi connectivity index (χ2n) is 8.58. The molecule has 0 radical (unpaired) electrons. The number of alkyl halides is 3. The monoisotopic (exact) mass is 491 g/mol. The first-order valence-corrected chi connectivity index (χ1v) is 11.1. The van der Waals surface area contributed by atoms with Gasteiger partial charge in [0.05, 0.1) is 22.0 Å². The van der Waals surface area contributed by atoms with Crippen LogP contribution in [-0.4, -0.2) is 28.4 Å². The van der Waals surface area contributed by atoms with Crippen molar-refractivity contribution in [1.29, 1.82) is 0 Å². The van der Waals surface area contributed by atoms with Gasteiger partial charge in [0.1, 0.15) is 11.6 Å². The lowest BCUT2D eigenvalue weighted by Gasteiger charge is -2.28. The van der Waals surface area contributed by atoms with Crippen LogP contribution >= 0.6 is 15.9 Å². The quantitative estimate of drug-likeness (QED) is 0.516. The zero-order valence-corrected chi connectivity index (χ0v) is 18.3. The van der Waals surface area contributed by atoms with Crippen LogP contribution in [0.5, 0.6) is 0 Å². The number of carbonyl (C=O) groups is 1. The van der Waals surface area contributed by atoms with Crippen LogP contribution in [0.4, 0.5) is 13.2 Å². The summed E-state index contributed by atoms with van der Waals surface area (Å²) in [6.07, 6.45) is -1.95. The lowest BCUT2D eigenvalue weighted by atomic mass is 9.80. The number of hydrogen-bond donors (Lipinski definition) is 1. The van der Waals surface area contributed by atoms with Crippen LogP contribution in [0.3, 0.4) is 0 Å². The largest absolute Gasteiger partial charge is 0.416 e. The maximum absolute atomic E-state index is 13.4. The number of rotatable bonds is 5. The van der Waals surface area contributed by atoms with Crippen molar-refractivity contribution in [2.45, 2.75) is 32.0 Å². The molecule has 8 heteroatoms. The molecule has 0 bridgehead atoms. The van der Waals surface area contributed by atoms with Crippen molar-refractivity contribution in [3.05, 3.63) is 52.5 Å². The van der Waals surface area contributed by atoms with E-state index < -0.39 is 17.2 Å². The van der Waals surface area contributed by atoms with Gasteiger partial charge in [0.15, 0.2) is 0 Å². The van der Waals surface area contributed by atoms with Gasteiger partial charge >= 0.3 is 6.18 Å². The number of aromatic nitrogens is 2. The Morgan fingerprint density at radius 3 is 2.55 bits per heavy atom. The van der Waals surface area contributed by atoms with Crippen molar-refractivity contribution in [3.63, 3.8) is 0 Å². The highest BCUT2D eigenvalue weighted by Gasteiger charge is 2.48. The van der Waals surface area contributed by atoms with Gasteiger partial charge in [-0.25, -0.2) is 4.98 Å². The molecule has 1 N–H and O–H groups in total. The van der Waals surface area contributed by atoms with Gasteiger partial charge in [-0.1, -0.05) is 28.1 Å². The van der Waals surface area contributed by atoms with E-state index in [1.54, 1.807) is 0 Å². The lowest BCUT2D eigenvalue weighted by Crippen LogP contribution is -2.39. The van der Waals surface area contributed by atoms with Crippen LogP contribution in [0.1, 0.15) is 24.8 Å². The third kappa shape index (κ3) is 3.80. The molecule has 0 unspecified atom stereocenters. The van der Waals surface area contributed by atoms with E-state index in [4.69, 9.17) is 0 Å². The van der Waals surface area contributed by atoms with Gasteiger partial charge in [0, 0.05) is 29.0 Å². The molecule has 0 spiro atoms. The van der Waals surface area contributed by atoms with Crippen LogP contribution < -0.4 is 5.32 Å². The van der Waals surface area contributed by atoms with Crippen molar-refractivity contribution in [2.24, 2.45) is 11.3 Å². The minimum atomic E-state index is -4.45. The van der Waals surface area contributed by atoms with Crippen molar-refractivity contribution in [3.8, 4) is 11.4 Å². The average Bonchev–Trinajstić information content (AvgIpc) is 3.38. The van der Waals surface area contributed by atoms with Gasteiger partial charge in [-0.2, -0.15) is 13.2 Å². The number of hydrogen-bond acceptors (Lipinski definition) is 3. The summed E-state index contributed by atoms with van der Waals surface area (Å²) in [6.45, 7) is 1.59. The number of carbonyl (C=O) groups excluding carboxylic acids is 1. The Morgan fingerprint density at radius 1 is 1.19 bits per heavy atom. The van der Waals surface area contributed by atoms with Crippen molar-refractivity contribution >= 4 is 32.7 Å². The molecule has 5 rings (SSSR count). The highest BCUT2D eigenvalue weighted by molar-refractivity contribution is 9.10. The Bertz CT molecular complexity index is 1140. The Labute approximate surface area is 186 Å². The molecule has 1 saturated heterocycles. The number of benzene rings is 2. The number of ketones is 1. The maximum atomic E-state index is 13.4. The number of imidazole rings is 1. The standard InChI is InChI=1S/C23H21BrF3N3O/c24-17-6-3-15(4-7-17)21-29-18-8-5-16(23(25,26)27)11-19(18)30(21)13-22(9-10-28-12-22)20(31)14-1-2-14/h3-8,11,14,28H,1-2,9-10,12-13H2/t22-/m0/s1. The summed E-state index contributed by atoms with van der Waals surface area (Å²) in [5.74, 6) is 0.890. The number of nitrogens with zero attached hydrogens (tertiary/aromatic N) is 2. The minimum absolute atomic E-state index is 0.0801. The van der Waals surface area contributed by atoms with Gasteiger partial charge in [-0.05, 0) is 56.1 Å². The van der Waals surface area contributed by atoms with Gasteiger partial charge in [0.25, 0.3) is 0 Å². The third-order valence-electron chi connectivity index (χ3n) is 6.35. The van der Waals surface area contributed by atoms with Crippen molar-refractivity contribution < 1.29 is 18.0 Å². The van der Waals surface area contributed by atoms with E-state index in [0.29, 0.717) is 36.4 Å². The van der Waals surface area contributed by atoms with E-state index in [2.05, 4.69) is 26.2 Å². The Hall–Kier alpha value is -2.19. The Kier molecular flexibility index (Phi) is 4.97. The molecule has 1 aliphatic heterocycles. The smallest absolute Gasteiger partial charge is 0.323 e. The molecular weight excluding hydrogens is 471 g/mol. The molecule has 3 aromatic rings. The van der Waals surface area contributed by atoms with E-state index in [-0.39, 0.29) is 11.7 Å². The zero-order chi connectivity index (χ0) is 21.8. The highest BCUT2D eigenvalue weighted by Crippen LogP contribution is 2.43. The summed E-state index contributed by atoms with van der Waals surface area (Å²) in [5, 5.41) is 3.30. The van der Waals surface area contributed by atoms with E-state index in [1.165, 1.54) is 6.07 Å². The highest BCUT2D eigenvalue weighted by atomic mass is 79.9. The summed E-state index contributed by atoms with van der Waals surface area (Å²) in [4.78, 5) is 17.9. The summed E-state index contributed by atoms with van der Waals surface area (Å²) < 4.78 is 43.1. The van der Waals surface area contributed by atoms with E-state index in [1.807, 2.05) is 28.8 Å². The van der Waals surface area contributed by atoms with E-state index in [9.17, 15) is 18.0 Å². The SMILES string of the molecule is O=C(C1CC1)[C@@]1(Cn2c(-c3ccc(Br)cc3)nc3ccc(C(F)(F)F)cc32)CCNC1. The Balaban J connectivity index is 1.68. The van der Waals surface area contributed by atoms with Crippen LogP contribution in [0.25, 0.3) is 22.4 Å². The number of halogens is 4. The number of Topliss-reactive ketones (excluding diaryl/α,β-unsaturated/α-hetero) is 1. The summed E-state index contributed by atoms with van der Waals surface area (Å²) in [6, 6.07) is 11.2. The molecular formula is C23H21BrF3N3O. The first kappa shape index (κ1) is 20.7. The van der Waals surface area contributed by atoms with Crippen LogP contribution in [0.15, 0.2) is 46.9 Å². The minimum Gasteiger partial charge on any atom is -0.323 e. The van der Waals surface area contributed by atoms with Gasteiger partial charge < -0.3 is 9.88 Å². The fourth-order valence-corrected chi connectivity index (χ4v) is 4.79. The fourth-order valence-electron chi connectivity index (χ4n) is 4.53. The molecule has 2 aromatic carbocycles. The lowest BCUT2D eigenvalue weighted by molar-refractivity contribution is -0.137. The summed E-state index contributed by atoms with van der Waals surface area (Å²) >= 11 is 3.42. The molecule has 1 aliphatic carbocycles. The molecule has 4 nitrogen and oxygen atoms in total. The molecule has 1 atom stereocenters. The van der Waals surface area contributed by atoms with E-state index in [0.717, 1.165) is 41.6 Å². The van der Waals surface area contributed by atoms with Crippen molar-refractivity contribution in [1.82, 2.24) is 14.9 Å². The summed E-state index contributed by atoms with van der Waals surface area (Å²) in [7, 11) is 0. The number of nitrogens with one attached hydrogen (secondary N) is 1. The molecule has 1 saturated carbocycles. The molecule has 2 aliphatic rings. The van der Waals surface area contributed by atoms with E-state index >= 15 is 0 Å². The van der Waals surface area contributed by atoms with Crippen LogP contribution in [-0.2, 0) is 17.5 Å². The molecule has 0 amide bonds. The van der Waals surface area contributed by atoms with Gasteiger partial charge in [-0.15, -0.1) is 0 Å². The second-order valence-corrected chi connectivity index (χ2v) is 9.49. The van der Waals surface area contributed by atoms with Crippen molar-refractivity contribution in [2.75, 3.05) is 13.1 Å². The predicted octanol–water partition coefficient (Wildman–Crippen LogP) is 5.44. The molecule has 1 aromatic heterocycles. The van der Waals surface area contributed by atoms with Gasteiger partial charge in [0.2, 0.25) is 0 Å². The third-order valence-corrected chi connectivity index (χ3v) is 6.88. The molecule has 31 heavy (non-hydrogen) atoms. The molecule has 2 fully saturated rings. The second kappa shape index (κ2) is 7.45. The number of fused-ring (bicyclic) bond motifs is 1. The average molecular weight is 492 g/mol.